The van der Waals surface area contributed by atoms with Gasteiger partial charge in [0, 0.05) is 35.7 Å². The Kier molecular flexibility index (Phi) is 5.53. The number of aromatic nitrogens is 2. The van der Waals surface area contributed by atoms with Crippen LogP contribution in [0.5, 0.6) is 0 Å². The van der Waals surface area contributed by atoms with Crippen LogP contribution in [0.25, 0.3) is 0 Å². The maximum Gasteiger partial charge on any atom is 0.257 e. The first-order valence-electron chi connectivity index (χ1n) is 8.74. The summed E-state index contributed by atoms with van der Waals surface area (Å²) in [7, 11) is 0. The van der Waals surface area contributed by atoms with Gasteiger partial charge in [-0.15, -0.1) is 0 Å². The van der Waals surface area contributed by atoms with Crippen LogP contribution in [-0.2, 0) is 0 Å². The molecule has 0 aliphatic carbocycles. The van der Waals surface area contributed by atoms with E-state index in [-0.39, 0.29) is 5.91 Å². The molecule has 1 aliphatic heterocycles. The molecule has 2 heterocycles. The van der Waals surface area contributed by atoms with Crippen LogP contribution in [0.3, 0.4) is 0 Å². The minimum atomic E-state index is 0.0245. The summed E-state index contributed by atoms with van der Waals surface area (Å²) in [5.74, 6) is 0.471. The topological polar surface area (TPSA) is 58.1 Å². The van der Waals surface area contributed by atoms with E-state index < -0.39 is 0 Å². The highest BCUT2D eigenvalue weighted by molar-refractivity contribution is 6.31. The second kappa shape index (κ2) is 7.83. The highest BCUT2D eigenvalue weighted by Gasteiger charge is 2.26. The molecule has 1 fully saturated rings. The van der Waals surface area contributed by atoms with Crippen LogP contribution in [0.2, 0.25) is 5.02 Å². The van der Waals surface area contributed by atoms with E-state index in [0.717, 1.165) is 37.1 Å². The first kappa shape index (κ1) is 17.7. The predicted octanol–water partition coefficient (Wildman–Crippen LogP) is 4.59. The molecular weight excluding hydrogens is 336 g/mol. The number of carbonyl (C=O) groups is 1. The van der Waals surface area contributed by atoms with Crippen LogP contribution in [0.4, 0.5) is 11.6 Å². The minimum absolute atomic E-state index is 0.0245. The van der Waals surface area contributed by atoms with E-state index >= 15 is 0 Å². The van der Waals surface area contributed by atoms with Crippen molar-refractivity contribution in [3.8, 4) is 0 Å². The van der Waals surface area contributed by atoms with E-state index in [9.17, 15) is 4.79 Å². The van der Waals surface area contributed by atoms with E-state index in [1.165, 1.54) is 6.42 Å². The highest BCUT2D eigenvalue weighted by atomic mass is 35.5. The summed E-state index contributed by atoms with van der Waals surface area (Å²) in [4.78, 5) is 23.3. The van der Waals surface area contributed by atoms with Gasteiger partial charge in [-0.05, 0) is 50.3 Å². The Bertz CT molecular complexity index is 748. The number of nitrogens with one attached hydrogen (secondary N) is 1. The Morgan fingerprint density at radius 2 is 2.08 bits per heavy atom. The number of amides is 1. The second-order valence-corrected chi connectivity index (χ2v) is 6.85. The van der Waals surface area contributed by atoms with E-state index in [2.05, 4.69) is 22.2 Å². The van der Waals surface area contributed by atoms with Gasteiger partial charge in [0.15, 0.2) is 0 Å². The van der Waals surface area contributed by atoms with Gasteiger partial charge in [0.1, 0.15) is 0 Å². The number of likely N-dealkylation sites (tertiary alicyclic amines) is 1. The number of rotatable bonds is 4. The molecule has 1 aromatic carbocycles. The van der Waals surface area contributed by atoms with Crippen LogP contribution < -0.4 is 5.32 Å². The number of aryl methyl sites for hydroxylation is 1. The third-order valence-corrected chi connectivity index (χ3v) is 5.09. The molecule has 1 aromatic heterocycles. The molecule has 2 aromatic rings. The molecule has 0 spiro atoms. The van der Waals surface area contributed by atoms with Gasteiger partial charge in [-0.2, -0.15) is 0 Å². The third kappa shape index (κ3) is 4.10. The van der Waals surface area contributed by atoms with Crippen molar-refractivity contribution in [2.24, 2.45) is 0 Å². The normalized spacial score (nSPS) is 17.4. The summed E-state index contributed by atoms with van der Waals surface area (Å²) < 4.78 is 0. The summed E-state index contributed by atoms with van der Waals surface area (Å²) in [6, 6.07) is 6.01. The fourth-order valence-corrected chi connectivity index (χ4v) is 3.34. The third-order valence-electron chi connectivity index (χ3n) is 4.69. The lowest BCUT2D eigenvalue weighted by atomic mass is 9.99. The fraction of sp³-hybridized carbons (Fsp3) is 0.421. The molecule has 0 radical (unpaired) electrons. The average molecular weight is 359 g/mol. The summed E-state index contributed by atoms with van der Waals surface area (Å²) >= 11 is 6.13. The number of benzene rings is 1. The number of halogens is 1. The molecular formula is C19H23ClN4O. The van der Waals surface area contributed by atoms with Gasteiger partial charge in [0.2, 0.25) is 5.95 Å². The van der Waals surface area contributed by atoms with Crippen molar-refractivity contribution < 1.29 is 4.79 Å². The molecule has 6 heteroatoms. The number of piperidine rings is 1. The summed E-state index contributed by atoms with van der Waals surface area (Å²) in [5.41, 5.74) is 2.37. The molecule has 1 atom stereocenters. The van der Waals surface area contributed by atoms with Crippen molar-refractivity contribution >= 4 is 29.1 Å². The Hall–Kier alpha value is -2.14. The van der Waals surface area contributed by atoms with Crippen molar-refractivity contribution in [3.63, 3.8) is 0 Å². The molecule has 1 saturated heterocycles. The maximum atomic E-state index is 12.7. The monoisotopic (exact) mass is 358 g/mol. The number of hydrogen-bond acceptors (Lipinski definition) is 4. The second-order valence-electron chi connectivity index (χ2n) is 6.44. The van der Waals surface area contributed by atoms with Gasteiger partial charge in [-0.3, -0.25) is 4.79 Å². The number of nitrogens with zero attached hydrogens (tertiary/aromatic N) is 3. The van der Waals surface area contributed by atoms with Crippen molar-refractivity contribution in [3.05, 3.63) is 46.7 Å². The molecule has 3 rings (SSSR count). The van der Waals surface area contributed by atoms with Crippen LogP contribution in [0.15, 0.2) is 30.6 Å². The van der Waals surface area contributed by atoms with Gasteiger partial charge < -0.3 is 10.2 Å². The van der Waals surface area contributed by atoms with Gasteiger partial charge in [-0.1, -0.05) is 24.6 Å². The summed E-state index contributed by atoms with van der Waals surface area (Å²) in [6.07, 6.45) is 7.51. The molecule has 25 heavy (non-hydrogen) atoms. The molecule has 5 nitrogen and oxygen atoms in total. The van der Waals surface area contributed by atoms with E-state index in [1.807, 2.05) is 30.0 Å². The van der Waals surface area contributed by atoms with Crippen LogP contribution in [-0.4, -0.2) is 33.4 Å². The Labute approximate surface area is 153 Å². The van der Waals surface area contributed by atoms with E-state index in [4.69, 9.17) is 11.6 Å². The molecule has 1 aliphatic rings. The van der Waals surface area contributed by atoms with Crippen LogP contribution >= 0.6 is 11.6 Å². The predicted molar refractivity (Wildman–Crippen MR) is 100 cm³/mol. The zero-order valence-corrected chi connectivity index (χ0v) is 15.4. The van der Waals surface area contributed by atoms with E-state index in [0.29, 0.717) is 22.6 Å². The number of anilines is 2. The fourth-order valence-electron chi connectivity index (χ4n) is 3.16. The highest BCUT2D eigenvalue weighted by Crippen LogP contribution is 2.23. The molecule has 1 unspecified atom stereocenters. The first-order chi connectivity index (χ1) is 12.1. The lowest BCUT2D eigenvalue weighted by Gasteiger charge is -2.35. The molecule has 0 bridgehead atoms. The Morgan fingerprint density at radius 1 is 1.32 bits per heavy atom. The van der Waals surface area contributed by atoms with E-state index in [1.54, 1.807) is 12.4 Å². The van der Waals surface area contributed by atoms with Gasteiger partial charge in [0.25, 0.3) is 5.91 Å². The maximum absolute atomic E-state index is 12.7. The first-order valence-corrected chi connectivity index (χ1v) is 9.12. The molecule has 1 N–H and O–H groups in total. The standard InChI is InChI=1S/C19H23ClN4O/c1-3-16-6-4-5-9-24(16)18(25)14-11-21-19(22-12-14)23-15-8-7-13(2)17(20)10-15/h7-8,10-12,16H,3-6,9H2,1-2H3,(H,21,22,23). The zero-order valence-electron chi connectivity index (χ0n) is 14.6. The van der Waals surface area contributed by atoms with Crippen molar-refractivity contribution in [1.82, 2.24) is 14.9 Å². The average Bonchev–Trinajstić information content (AvgIpc) is 2.65. The summed E-state index contributed by atoms with van der Waals surface area (Å²) in [5, 5.41) is 3.79. The van der Waals surface area contributed by atoms with Gasteiger partial charge in [-0.25, -0.2) is 9.97 Å². The summed E-state index contributed by atoms with van der Waals surface area (Å²) in [6.45, 7) is 4.90. The van der Waals surface area contributed by atoms with Crippen LogP contribution in [0.1, 0.15) is 48.5 Å². The quantitative estimate of drug-likeness (QED) is 0.868. The molecule has 0 saturated carbocycles. The molecule has 132 valence electrons. The smallest absolute Gasteiger partial charge is 0.257 e. The number of carbonyl (C=O) groups excluding carboxylic acids is 1. The van der Waals surface area contributed by atoms with Gasteiger partial charge >= 0.3 is 0 Å². The molecule has 1 amide bonds. The zero-order chi connectivity index (χ0) is 17.8. The van der Waals surface area contributed by atoms with Gasteiger partial charge in [0.05, 0.1) is 5.56 Å². The van der Waals surface area contributed by atoms with Crippen molar-refractivity contribution in [2.75, 3.05) is 11.9 Å². The van der Waals surface area contributed by atoms with Crippen molar-refractivity contribution in [1.29, 1.82) is 0 Å². The Morgan fingerprint density at radius 3 is 2.76 bits per heavy atom. The lowest BCUT2D eigenvalue weighted by molar-refractivity contribution is 0.0607. The SMILES string of the molecule is CCC1CCCCN1C(=O)c1cnc(Nc2ccc(C)c(Cl)c2)nc1. The minimum Gasteiger partial charge on any atom is -0.336 e. The Balaban J connectivity index is 1.71. The van der Waals surface area contributed by atoms with Crippen molar-refractivity contribution in [2.45, 2.75) is 45.6 Å². The van der Waals surface area contributed by atoms with Crippen LogP contribution in [0, 0.1) is 6.92 Å². The number of hydrogen-bond donors (Lipinski definition) is 1. The lowest BCUT2D eigenvalue weighted by Crippen LogP contribution is -2.43. The largest absolute Gasteiger partial charge is 0.336 e.